The average molecular weight is 204 g/mol. The molecule has 3 nitrogen and oxygen atoms in total. The van der Waals surface area contributed by atoms with Gasteiger partial charge in [0.25, 0.3) is 6.43 Å². The van der Waals surface area contributed by atoms with Crippen molar-refractivity contribution < 1.29 is 18.0 Å². The van der Waals surface area contributed by atoms with Gasteiger partial charge in [0.1, 0.15) is 0 Å². The third-order valence-electron chi connectivity index (χ3n) is 1.72. The number of alkyl halides is 2. The smallest absolute Gasteiger partial charge is 0.266 e. The van der Waals surface area contributed by atoms with Crippen LogP contribution in [-0.2, 0) is 6.54 Å². The molecule has 6 heteroatoms. The third-order valence-corrected chi connectivity index (χ3v) is 1.72. The van der Waals surface area contributed by atoms with E-state index in [1.165, 1.54) is 0 Å². The van der Waals surface area contributed by atoms with Gasteiger partial charge in [0.15, 0.2) is 12.1 Å². The summed E-state index contributed by atoms with van der Waals surface area (Å²) in [7, 11) is 0. The lowest BCUT2D eigenvalue weighted by Crippen LogP contribution is -2.09. The van der Waals surface area contributed by atoms with Crippen LogP contribution in [0.1, 0.15) is 28.0 Å². The second-order valence-corrected chi connectivity index (χ2v) is 2.50. The van der Waals surface area contributed by atoms with E-state index in [0.29, 0.717) is 6.20 Å². The molecule has 0 aliphatic rings. The summed E-state index contributed by atoms with van der Waals surface area (Å²) in [6.07, 6.45) is -2.22. The summed E-state index contributed by atoms with van der Waals surface area (Å²) in [4.78, 5) is 13.8. The second kappa shape index (κ2) is 4.19. The molecule has 0 aliphatic carbocycles. The first-order valence-electron chi connectivity index (χ1n) is 3.72. The summed E-state index contributed by atoms with van der Waals surface area (Å²) < 4.78 is 37.7. The third kappa shape index (κ3) is 1.74. The molecular weight excluding hydrogens is 197 g/mol. The number of aromatic nitrogens is 1. The number of carbonyl (C=O) groups excluding carboxylic acids is 1. The molecule has 0 unspecified atom stereocenters. The van der Waals surface area contributed by atoms with Gasteiger partial charge in [-0.1, -0.05) is 0 Å². The molecule has 1 aromatic heterocycles. The van der Waals surface area contributed by atoms with Crippen LogP contribution < -0.4 is 5.73 Å². The van der Waals surface area contributed by atoms with Crippen molar-refractivity contribution in [3.8, 4) is 0 Å². The minimum atomic E-state index is -2.96. The van der Waals surface area contributed by atoms with Gasteiger partial charge in [-0.3, -0.25) is 9.78 Å². The van der Waals surface area contributed by atoms with Crippen LogP contribution in [0, 0.1) is 5.82 Å². The lowest BCUT2D eigenvalue weighted by atomic mass is 10.1. The molecule has 0 aromatic carbocycles. The SMILES string of the molecule is NCc1ncc(F)c(C=O)c1C(F)F. The lowest BCUT2D eigenvalue weighted by Gasteiger charge is -2.08. The number of carbonyl (C=O) groups is 1. The highest BCUT2D eigenvalue weighted by molar-refractivity contribution is 5.78. The minimum absolute atomic E-state index is 0.0394. The van der Waals surface area contributed by atoms with Gasteiger partial charge in [-0.05, 0) is 0 Å². The normalized spacial score (nSPS) is 10.6. The van der Waals surface area contributed by atoms with Crippen LogP contribution in [0.5, 0.6) is 0 Å². The van der Waals surface area contributed by atoms with E-state index < -0.39 is 23.4 Å². The Balaban J connectivity index is 3.43. The quantitative estimate of drug-likeness (QED) is 0.757. The number of rotatable bonds is 3. The topological polar surface area (TPSA) is 56.0 Å². The monoisotopic (exact) mass is 204 g/mol. The molecule has 0 spiro atoms. The van der Waals surface area contributed by atoms with E-state index >= 15 is 0 Å². The molecule has 0 fully saturated rings. The fourth-order valence-electron chi connectivity index (χ4n) is 1.08. The van der Waals surface area contributed by atoms with E-state index in [9.17, 15) is 18.0 Å². The van der Waals surface area contributed by atoms with Crippen LogP contribution in [-0.4, -0.2) is 11.3 Å². The number of hydrogen-bond donors (Lipinski definition) is 1. The second-order valence-electron chi connectivity index (χ2n) is 2.50. The van der Waals surface area contributed by atoms with Crippen molar-refractivity contribution in [2.75, 3.05) is 0 Å². The van der Waals surface area contributed by atoms with Crippen LogP contribution >= 0.6 is 0 Å². The average Bonchev–Trinajstić information content (AvgIpc) is 2.17. The Morgan fingerprint density at radius 1 is 1.57 bits per heavy atom. The number of pyridine rings is 1. The Bertz CT molecular complexity index is 355. The van der Waals surface area contributed by atoms with E-state index in [1.54, 1.807) is 0 Å². The van der Waals surface area contributed by atoms with E-state index in [4.69, 9.17) is 5.73 Å². The molecule has 0 saturated carbocycles. The van der Waals surface area contributed by atoms with E-state index in [-0.39, 0.29) is 18.5 Å². The zero-order chi connectivity index (χ0) is 10.7. The number of halogens is 3. The van der Waals surface area contributed by atoms with Crippen molar-refractivity contribution in [1.29, 1.82) is 0 Å². The molecule has 0 amide bonds. The summed E-state index contributed by atoms with van der Waals surface area (Å²) in [6, 6.07) is 0. The van der Waals surface area contributed by atoms with Crippen LogP contribution in [0.25, 0.3) is 0 Å². The van der Waals surface area contributed by atoms with Crippen LogP contribution in [0.3, 0.4) is 0 Å². The maximum Gasteiger partial charge on any atom is 0.266 e. The Morgan fingerprint density at radius 2 is 2.21 bits per heavy atom. The van der Waals surface area contributed by atoms with Crippen LogP contribution in [0.4, 0.5) is 13.2 Å². The summed E-state index contributed by atoms with van der Waals surface area (Å²) in [5, 5.41) is 0. The number of aldehydes is 1. The fraction of sp³-hybridized carbons (Fsp3) is 0.250. The van der Waals surface area contributed by atoms with Crippen molar-refractivity contribution in [3.05, 3.63) is 28.8 Å². The van der Waals surface area contributed by atoms with Crippen LogP contribution in [0.2, 0.25) is 0 Å². The highest BCUT2D eigenvalue weighted by Gasteiger charge is 2.21. The Hall–Kier alpha value is -1.43. The number of nitrogens with zero attached hydrogens (tertiary/aromatic N) is 1. The predicted molar refractivity (Wildman–Crippen MR) is 42.4 cm³/mol. The summed E-state index contributed by atoms with van der Waals surface area (Å²) in [6.45, 7) is -0.263. The highest BCUT2D eigenvalue weighted by atomic mass is 19.3. The summed E-state index contributed by atoms with van der Waals surface area (Å²) in [5.41, 5.74) is 3.57. The number of nitrogens with two attached hydrogens (primary N) is 1. The van der Waals surface area contributed by atoms with Gasteiger partial charge in [-0.2, -0.15) is 0 Å². The maximum atomic E-state index is 12.9. The van der Waals surface area contributed by atoms with E-state index in [0.717, 1.165) is 0 Å². The molecule has 1 aromatic rings. The molecule has 0 radical (unpaired) electrons. The van der Waals surface area contributed by atoms with Gasteiger partial charge < -0.3 is 5.73 Å². The van der Waals surface area contributed by atoms with E-state index in [1.807, 2.05) is 0 Å². The van der Waals surface area contributed by atoms with Crippen LogP contribution in [0.15, 0.2) is 6.20 Å². The van der Waals surface area contributed by atoms with Crippen molar-refractivity contribution in [1.82, 2.24) is 4.98 Å². The Morgan fingerprint density at radius 3 is 2.64 bits per heavy atom. The van der Waals surface area contributed by atoms with Crippen molar-refractivity contribution >= 4 is 6.29 Å². The van der Waals surface area contributed by atoms with Gasteiger partial charge in [0, 0.05) is 6.54 Å². The molecular formula is C8H7F3N2O. The molecule has 0 bridgehead atoms. The first-order valence-corrected chi connectivity index (χ1v) is 3.72. The van der Waals surface area contributed by atoms with Gasteiger partial charge >= 0.3 is 0 Å². The summed E-state index contributed by atoms with van der Waals surface area (Å²) >= 11 is 0. The minimum Gasteiger partial charge on any atom is -0.325 e. The lowest BCUT2D eigenvalue weighted by molar-refractivity contribution is 0.110. The molecule has 0 saturated heterocycles. The largest absolute Gasteiger partial charge is 0.325 e. The standard InChI is InChI=1S/C8H7F3N2O/c9-5-2-13-6(1-12)7(8(10)11)4(5)3-14/h2-3,8H,1,12H2. The first kappa shape index (κ1) is 10.6. The molecule has 1 rings (SSSR count). The Labute approximate surface area is 77.7 Å². The number of hydrogen-bond acceptors (Lipinski definition) is 3. The van der Waals surface area contributed by atoms with Gasteiger partial charge in [0.05, 0.1) is 23.0 Å². The van der Waals surface area contributed by atoms with E-state index in [2.05, 4.69) is 4.98 Å². The molecule has 76 valence electrons. The molecule has 1 heterocycles. The van der Waals surface area contributed by atoms with Crippen molar-refractivity contribution in [3.63, 3.8) is 0 Å². The molecule has 0 aliphatic heterocycles. The maximum absolute atomic E-state index is 12.9. The fourth-order valence-corrected chi connectivity index (χ4v) is 1.08. The first-order chi connectivity index (χ1) is 6.61. The zero-order valence-electron chi connectivity index (χ0n) is 7.01. The van der Waals surface area contributed by atoms with Gasteiger partial charge in [-0.15, -0.1) is 0 Å². The van der Waals surface area contributed by atoms with Crippen molar-refractivity contribution in [2.45, 2.75) is 13.0 Å². The Kier molecular flexibility index (Phi) is 3.19. The predicted octanol–water partition coefficient (Wildman–Crippen LogP) is 1.43. The van der Waals surface area contributed by atoms with Crippen molar-refractivity contribution in [2.24, 2.45) is 5.73 Å². The molecule has 0 atom stereocenters. The van der Waals surface area contributed by atoms with Gasteiger partial charge in [-0.25, -0.2) is 13.2 Å². The summed E-state index contributed by atoms with van der Waals surface area (Å²) in [5.74, 6) is -1.06. The highest BCUT2D eigenvalue weighted by Crippen LogP contribution is 2.25. The zero-order valence-corrected chi connectivity index (χ0v) is 7.01. The molecule has 2 N–H and O–H groups in total. The van der Waals surface area contributed by atoms with Gasteiger partial charge in [0.2, 0.25) is 0 Å². The molecule has 14 heavy (non-hydrogen) atoms.